The van der Waals surface area contributed by atoms with Crippen LogP contribution in [-0.4, -0.2) is 22.7 Å². The van der Waals surface area contributed by atoms with Crippen molar-refractivity contribution >= 4 is 5.78 Å². The lowest BCUT2D eigenvalue weighted by molar-refractivity contribution is 0.101. The van der Waals surface area contributed by atoms with E-state index in [0.717, 1.165) is 5.69 Å². The van der Waals surface area contributed by atoms with Crippen LogP contribution in [-0.2, 0) is 0 Å². The molecular weight excluding hydrogens is 204 g/mol. The molecule has 1 heterocycles. The number of ether oxygens (including phenoxy) is 1. The number of methoxy groups -OCH3 is 1. The molecule has 0 aliphatic carbocycles. The summed E-state index contributed by atoms with van der Waals surface area (Å²) < 4.78 is 6.79. The molecule has 4 nitrogen and oxygen atoms in total. The highest BCUT2D eigenvalue weighted by molar-refractivity contribution is 5.92. The zero-order valence-electron chi connectivity index (χ0n) is 9.18. The smallest absolute Gasteiger partial charge is 0.217 e. The second-order valence-corrected chi connectivity index (χ2v) is 3.38. The van der Waals surface area contributed by atoms with Gasteiger partial charge in [0.05, 0.1) is 12.8 Å². The number of Topliss-reactive ketones (excluding diaryl/α,β-unsaturated/α-hetero) is 1. The van der Waals surface area contributed by atoms with Gasteiger partial charge in [-0.05, 0) is 12.1 Å². The maximum absolute atomic E-state index is 11.2. The molecule has 0 fully saturated rings. The molecule has 0 aliphatic heterocycles. The van der Waals surface area contributed by atoms with Gasteiger partial charge >= 0.3 is 0 Å². The van der Waals surface area contributed by atoms with E-state index >= 15 is 0 Å². The van der Waals surface area contributed by atoms with E-state index in [-0.39, 0.29) is 5.78 Å². The Hall–Kier alpha value is -2.10. The predicted molar refractivity (Wildman–Crippen MR) is 60.1 cm³/mol. The number of rotatable bonds is 3. The number of nitrogens with zero attached hydrogens (tertiary/aromatic N) is 2. The number of hydrogen-bond donors (Lipinski definition) is 0. The van der Waals surface area contributed by atoms with Crippen molar-refractivity contribution in [3.63, 3.8) is 0 Å². The summed E-state index contributed by atoms with van der Waals surface area (Å²) in [5.41, 5.74) is 1.27. The zero-order valence-corrected chi connectivity index (χ0v) is 9.18. The van der Waals surface area contributed by atoms with Crippen molar-refractivity contribution in [2.24, 2.45) is 0 Å². The van der Waals surface area contributed by atoms with E-state index < -0.39 is 0 Å². The molecule has 0 saturated heterocycles. The number of para-hydroxylation sites is 1. The summed E-state index contributed by atoms with van der Waals surface area (Å²) in [7, 11) is 1.56. The molecule has 0 spiro atoms. The molecule has 82 valence electrons. The Kier molecular flexibility index (Phi) is 2.72. The highest BCUT2D eigenvalue weighted by Gasteiger charge is 2.12. The topological polar surface area (TPSA) is 44.1 Å². The normalized spacial score (nSPS) is 10.1. The standard InChI is InChI=1S/C12H12N2O2/c1-9(15)11-8-12(16-2)14(13-11)10-6-4-3-5-7-10/h3-8H,1-2H3. The molecule has 0 saturated carbocycles. The number of carbonyl (C=O) groups excluding carboxylic acids is 1. The van der Waals surface area contributed by atoms with Crippen LogP contribution in [0.3, 0.4) is 0 Å². The maximum atomic E-state index is 11.2. The van der Waals surface area contributed by atoms with Crippen molar-refractivity contribution in [2.45, 2.75) is 6.92 Å². The van der Waals surface area contributed by atoms with Gasteiger partial charge in [-0.3, -0.25) is 4.79 Å². The molecule has 2 aromatic rings. The summed E-state index contributed by atoms with van der Waals surface area (Å²) in [6.45, 7) is 1.48. The monoisotopic (exact) mass is 216 g/mol. The van der Waals surface area contributed by atoms with E-state index in [4.69, 9.17) is 4.74 Å². The first-order chi connectivity index (χ1) is 7.72. The lowest BCUT2D eigenvalue weighted by Crippen LogP contribution is -2.01. The van der Waals surface area contributed by atoms with E-state index in [1.54, 1.807) is 17.9 Å². The Balaban J connectivity index is 2.52. The van der Waals surface area contributed by atoms with E-state index in [0.29, 0.717) is 11.6 Å². The molecule has 1 aromatic heterocycles. The van der Waals surface area contributed by atoms with Gasteiger partial charge in [-0.15, -0.1) is 0 Å². The molecule has 1 aromatic carbocycles. The van der Waals surface area contributed by atoms with Gasteiger partial charge in [0.2, 0.25) is 5.88 Å². The van der Waals surface area contributed by atoms with Crippen molar-refractivity contribution in [3.8, 4) is 11.6 Å². The third kappa shape index (κ3) is 1.82. The summed E-state index contributed by atoms with van der Waals surface area (Å²) in [4.78, 5) is 11.2. The molecule has 0 atom stereocenters. The average Bonchev–Trinajstić information content (AvgIpc) is 2.74. The van der Waals surface area contributed by atoms with Crippen LogP contribution >= 0.6 is 0 Å². The van der Waals surface area contributed by atoms with Gasteiger partial charge in [0, 0.05) is 13.0 Å². The van der Waals surface area contributed by atoms with Crippen molar-refractivity contribution in [2.75, 3.05) is 7.11 Å². The van der Waals surface area contributed by atoms with Gasteiger partial charge in [-0.25, -0.2) is 4.68 Å². The molecule has 0 radical (unpaired) electrons. The van der Waals surface area contributed by atoms with Crippen LogP contribution in [0.5, 0.6) is 5.88 Å². The second-order valence-electron chi connectivity index (χ2n) is 3.38. The van der Waals surface area contributed by atoms with Crippen molar-refractivity contribution in [1.29, 1.82) is 0 Å². The minimum Gasteiger partial charge on any atom is -0.481 e. The van der Waals surface area contributed by atoms with Gasteiger partial charge in [0.1, 0.15) is 5.69 Å². The molecule has 4 heteroatoms. The number of ketones is 1. The van der Waals surface area contributed by atoms with Crippen LogP contribution in [0.1, 0.15) is 17.4 Å². The predicted octanol–water partition coefficient (Wildman–Crippen LogP) is 2.08. The van der Waals surface area contributed by atoms with Gasteiger partial charge in [-0.1, -0.05) is 18.2 Å². The summed E-state index contributed by atoms with van der Waals surface area (Å²) >= 11 is 0. The van der Waals surface area contributed by atoms with Crippen LogP contribution in [0.4, 0.5) is 0 Å². The number of hydrogen-bond acceptors (Lipinski definition) is 3. The van der Waals surface area contributed by atoms with E-state index in [1.807, 2.05) is 30.3 Å². The first-order valence-corrected chi connectivity index (χ1v) is 4.93. The molecule has 0 aliphatic rings. The van der Waals surface area contributed by atoms with Crippen LogP contribution < -0.4 is 4.74 Å². The molecule has 0 unspecified atom stereocenters. The SMILES string of the molecule is COc1cc(C(C)=O)nn1-c1ccccc1. The number of carbonyl (C=O) groups is 1. The first kappa shape index (κ1) is 10.4. The maximum Gasteiger partial charge on any atom is 0.217 e. The van der Waals surface area contributed by atoms with Crippen LogP contribution in [0.15, 0.2) is 36.4 Å². The van der Waals surface area contributed by atoms with Gasteiger partial charge < -0.3 is 4.74 Å². The fraction of sp³-hybridized carbons (Fsp3) is 0.167. The summed E-state index contributed by atoms with van der Waals surface area (Å²) in [5, 5.41) is 4.19. The van der Waals surface area contributed by atoms with Gasteiger partial charge in [-0.2, -0.15) is 5.10 Å². The van der Waals surface area contributed by atoms with Crippen molar-refractivity contribution in [1.82, 2.24) is 9.78 Å². The van der Waals surface area contributed by atoms with Crippen LogP contribution in [0.25, 0.3) is 5.69 Å². The molecular formula is C12H12N2O2. The minimum absolute atomic E-state index is 0.0759. The summed E-state index contributed by atoms with van der Waals surface area (Å²) in [6, 6.07) is 11.2. The molecule has 0 N–H and O–H groups in total. The van der Waals surface area contributed by atoms with Crippen molar-refractivity contribution < 1.29 is 9.53 Å². The van der Waals surface area contributed by atoms with E-state index in [1.165, 1.54) is 6.92 Å². The number of benzene rings is 1. The fourth-order valence-electron chi connectivity index (χ4n) is 1.44. The Morgan fingerprint density at radius 2 is 2.00 bits per heavy atom. The zero-order chi connectivity index (χ0) is 11.5. The third-order valence-corrected chi connectivity index (χ3v) is 2.25. The fourth-order valence-corrected chi connectivity index (χ4v) is 1.44. The van der Waals surface area contributed by atoms with E-state index in [2.05, 4.69) is 5.10 Å². The highest BCUT2D eigenvalue weighted by Crippen LogP contribution is 2.18. The first-order valence-electron chi connectivity index (χ1n) is 4.93. The molecule has 0 bridgehead atoms. The lowest BCUT2D eigenvalue weighted by atomic mass is 10.3. The van der Waals surface area contributed by atoms with Crippen molar-refractivity contribution in [3.05, 3.63) is 42.1 Å². The third-order valence-electron chi connectivity index (χ3n) is 2.25. The number of aromatic nitrogens is 2. The Labute approximate surface area is 93.5 Å². The van der Waals surface area contributed by atoms with Crippen LogP contribution in [0, 0.1) is 0 Å². The Bertz CT molecular complexity index is 503. The largest absolute Gasteiger partial charge is 0.481 e. The average molecular weight is 216 g/mol. The Morgan fingerprint density at radius 3 is 2.56 bits per heavy atom. The summed E-state index contributed by atoms with van der Waals surface area (Å²) in [6.07, 6.45) is 0. The highest BCUT2D eigenvalue weighted by atomic mass is 16.5. The molecule has 16 heavy (non-hydrogen) atoms. The van der Waals surface area contributed by atoms with E-state index in [9.17, 15) is 4.79 Å². The quantitative estimate of drug-likeness (QED) is 0.738. The second kappa shape index (κ2) is 4.18. The minimum atomic E-state index is -0.0759. The Morgan fingerprint density at radius 1 is 1.31 bits per heavy atom. The molecule has 0 amide bonds. The summed E-state index contributed by atoms with van der Waals surface area (Å²) in [5.74, 6) is 0.476. The molecule has 2 rings (SSSR count). The lowest BCUT2D eigenvalue weighted by Gasteiger charge is -2.04. The van der Waals surface area contributed by atoms with Gasteiger partial charge in [0.25, 0.3) is 0 Å². The van der Waals surface area contributed by atoms with Gasteiger partial charge in [0.15, 0.2) is 5.78 Å². The van der Waals surface area contributed by atoms with Crippen LogP contribution in [0.2, 0.25) is 0 Å².